The lowest BCUT2D eigenvalue weighted by molar-refractivity contribution is -0.159. The highest BCUT2D eigenvalue weighted by Crippen LogP contribution is 2.29. The number of carbonyl (C=O) groups is 2. The number of hydrogen-bond acceptors (Lipinski definition) is 5. The predicted molar refractivity (Wildman–Crippen MR) is 68.7 cm³/mol. The Bertz CT molecular complexity index is 739. The Morgan fingerprint density at radius 1 is 1.22 bits per heavy atom. The van der Waals surface area contributed by atoms with Crippen molar-refractivity contribution in [2.24, 2.45) is 0 Å². The normalized spacial score (nSPS) is 15.2. The van der Waals surface area contributed by atoms with Crippen molar-refractivity contribution in [1.82, 2.24) is 20.4 Å². The molecule has 3 rings (SSSR count). The van der Waals surface area contributed by atoms with Crippen LogP contribution in [0.5, 0.6) is 0 Å². The number of amides is 3. The lowest BCUT2D eigenvalue weighted by atomic mass is 10.1. The third-order valence-corrected chi connectivity index (χ3v) is 3.16. The number of hydrogen-bond donors (Lipinski definition) is 1. The number of halogens is 3. The van der Waals surface area contributed by atoms with Crippen LogP contribution in [0.3, 0.4) is 0 Å². The molecule has 1 aromatic heterocycles. The lowest BCUT2D eigenvalue weighted by Crippen LogP contribution is -2.30. The van der Waals surface area contributed by atoms with Gasteiger partial charge in [0.15, 0.2) is 0 Å². The molecule has 2 heterocycles. The first kappa shape index (κ1) is 15.0. The molecule has 0 aliphatic carbocycles. The molecule has 0 unspecified atom stereocenters. The van der Waals surface area contributed by atoms with E-state index >= 15 is 0 Å². The number of imide groups is 1. The van der Waals surface area contributed by atoms with E-state index in [-0.39, 0.29) is 24.8 Å². The van der Waals surface area contributed by atoms with Crippen molar-refractivity contribution in [3.8, 4) is 11.4 Å². The number of rotatable bonds is 3. The van der Waals surface area contributed by atoms with E-state index in [0.29, 0.717) is 11.1 Å². The van der Waals surface area contributed by atoms with Crippen LogP contribution in [-0.2, 0) is 17.5 Å². The van der Waals surface area contributed by atoms with Crippen molar-refractivity contribution in [3.05, 3.63) is 35.7 Å². The molecule has 1 N–H and O–H groups in total. The molecule has 0 spiro atoms. The minimum Gasteiger partial charge on any atom is -0.329 e. The summed E-state index contributed by atoms with van der Waals surface area (Å²) < 4.78 is 41.4. The third kappa shape index (κ3) is 3.00. The zero-order valence-electron chi connectivity index (χ0n) is 11.4. The van der Waals surface area contributed by atoms with Gasteiger partial charge in [-0.1, -0.05) is 29.4 Å². The first-order chi connectivity index (χ1) is 10.8. The number of carbonyl (C=O) groups excluding carboxylic acids is 2. The number of aromatic nitrogens is 2. The molecule has 1 aliphatic heterocycles. The van der Waals surface area contributed by atoms with Gasteiger partial charge in [0.2, 0.25) is 11.7 Å². The summed E-state index contributed by atoms with van der Waals surface area (Å²) in [6.45, 7) is 0.0327. The Balaban J connectivity index is 1.76. The molecule has 0 bridgehead atoms. The van der Waals surface area contributed by atoms with Crippen LogP contribution in [0.2, 0.25) is 0 Å². The minimum absolute atomic E-state index is 0.0417. The van der Waals surface area contributed by atoms with E-state index in [4.69, 9.17) is 0 Å². The van der Waals surface area contributed by atoms with Crippen LogP contribution in [-0.4, -0.2) is 33.5 Å². The molecule has 23 heavy (non-hydrogen) atoms. The Morgan fingerprint density at radius 3 is 2.43 bits per heavy atom. The second-order valence-electron chi connectivity index (χ2n) is 4.76. The van der Waals surface area contributed by atoms with Gasteiger partial charge in [0.25, 0.3) is 0 Å². The number of urea groups is 1. The van der Waals surface area contributed by atoms with E-state index < -0.39 is 18.1 Å². The number of alkyl halides is 3. The number of nitrogens with zero attached hydrogens (tertiary/aromatic N) is 3. The van der Waals surface area contributed by atoms with Crippen LogP contribution in [0.15, 0.2) is 28.8 Å². The average Bonchev–Trinajstić information content (AvgIpc) is 3.10. The van der Waals surface area contributed by atoms with Crippen LogP contribution in [0.25, 0.3) is 11.4 Å². The molecule has 2 aromatic rings. The molecule has 3 amide bonds. The van der Waals surface area contributed by atoms with Crippen LogP contribution in [0.4, 0.5) is 18.0 Å². The van der Waals surface area contributed by atoms with Crippen LogP contribution in [0, 0.1) is 0 Å². The van der Waals surface area contributed by atoms with Crippen LogP contribution < -0.4 is 5.32 Å². The number of nitrogens with one attached hydrogen (secondary N) is 1. The highest BCUT2D eigenvalue weighted by atomic mass is 19.4. The molecular formula is C13H9F3N4O3. The van der Waals surface area contributed by atoms with Crippen molar-refractivity contribution in [2.45, 2.75) is 12.7 Å². The van der Waals surface area contributed by atoms with Crippen LogP contribution >= 0.6 is 0 Å². The van der Waals surface area contributed by atoms with E-state index in [1.54, 1.807) is 12.1 Å². The fourth-order valence-electron chi connectivity index (χ4n) is 2.01. The molecule has 0 radical (unpaired) electrons. The molecule has 120 valence electrons. The van der Waals surface area contributed by atoms with Gasteiger partial charge in [0.05, 0.1) is 13.1 Å². The molecular weight excluding hydrogens is 317 g/mol. The molecule has 7 nitrogen and oxygen atoms in total. The Labute approximate surface area is 127 Å². The zero-order chi connectivity index (χ0) is 16.6. The Morgan fingerprint density at radius 2 is 1.91 bits per heavy atom. The van der Waals surface area contributed by atoms with E-state index in [2.05, 4.69) is 20.0 Å². The van der Waals surface area contributed by atoms with Crippen molar-refractivity contribution in [2.75, 3.05) is 6.54 Å². The fourth-order valence-corrected chi connectivity index (χ4v) is 2.01. The maximum Gasteiger partial charge on any atom is 0.471 e. The van der Waals surface area contributed by atoms with Gasteiger partial charge in [-0.2, -0.15) is 18.2 Å². The Hall–Kier alpha value is -2.91. The van der Waals surface area contributed by atoms with E-state index in [1.165, 1.54) is 12.1 Å². The van der Waals surface area contributed by atoms with Gasteiger partial charge in [-0.05, 0) is 5.56 Å². The second-order valence-corrected chi connectivity index (χ2v) is 4.76. The molecule has 1 fully saturated rings. The second kappa shape index (κ2) is 5.38. The summed E-state index contributed by atoms with van der Waals surface area (Å²) in [5.74, 6) is -1.96. The number of benzene rings is 1. The van der Waals surface area contributed by atoms with E-state index in [1.807, 2.05) is 0 Å². The molecule has 1 saturated heterocycles. The zero-order valence-corrected chi connectivity index (χ0v) is 11.4. The average molecular weight is 326 g/mol. The van der Waals surface area contributed by atoms with Gasteiger partial charge in [-0.25, -0.2) is 4.79 Å². The quantitative estimate of drug-likeness (QED) is 0.869. The monoisotopic (exact) mass is 326 g/mol. The van der Waals surface area contributed by atoms with Crippen LogP contribution in [0.1, 0.15) is 11.5 Å². The van der Waals surface area contributed by atoms with Gasteiger partial charge >= 0.3 is 18.1 Å². The molecule has 10 heteroatoms. The topological polar surface area (TPSA) is 88.3 Å². The van der Waals surface area contributed by atoms with Crippen molar-refractivity contribution >= 4 is 11.9 Å². The van der Waals surface area contributed by atoms with Crippen molar-refractivity contribution in [1.29, 1.82) is 0 Å². The Kier molecular flexibility index (Phi) is 3.51. The summed E-state index contributed by atoms with van der Waals surface area (Å²) in [5.41, 5.74) is 0.962. The first-order valence-corrected chi connectivity index (χ1v) is 6.43. The molecule has 1 aromatic carbocycles. The van der Waals surface area contributed by atoms with E-state index in [0.717, 1.165) is 4.90 Å². The SMILES string of the molecule is O=C1CNC(=O)N1Cc1ccc(-c2noc(C(F)(F)F)n2)cc1. The molecule has 1 aliphatic rings. The maximum atomic E-state index is 12.4. The van der Waals surface area contributed by atoms with Gasteiger partial charge < -0.3 is 9.84 Å². The maximum absolute atomic E-state index is 12.4. The van der Waals surface area contributed by atoms with Gasteiger partial charge in [-0.15, -0.1) is 0 Å². The van der Waals surface area contributed by atoms with Gasteiger partial charge in [0.1, 0.15) is 0 Å². The highest BCUT2D eigenvalue weighted by molar-refractivity contribution is 6.01. The van der Waals surface area contributed by atoms with Crippen molar-refractivity contribution < 1.29 is 27.3 Å². The highest BCUT2D eigenvalue weighted by Gasteiger charge is 2.38. The molecule has 0 saturated carbocycles. The summed E-state index contributed by atoms with van der Waals surface area (Å²) in [5, 5.41) is 5.67. The summed E-state index contributed by atoms with van der Waals surface area (Å²) in [4.78, 5) is 27.2. The van der Waals surface area contributed by atoms with Crippen molar-refractivity contribution in [3.63, 3.8) is 0 Å². The standard InChI is InChI=1S/C13H9F3N4O3/c14-13(15,16)11-18-10(19-23-11)8-3-1-7(2-4-8)6-20-9(21)5-17-12(20)22/h1-4H,5-6H2,(H,17,22). The van der Waals surface area contributed by atoms with Gasteiger partial charge in [0, 0.05) is 5.56 Å². The largest absolute Gasteiger partial charge is 0.471 e. The first-order valence-electron chi connectivity index (χ1n) is 6.43. The summed E-state index contributed by atoms with van der Waals surface area (Å²) in [6, 6.07) is 5.62. The van der Waals surface area contributed by atoms with E-state index in [9.17, 15) is 22.8 Å². The minimum atomic E-state index is -4.70. The lowest BCUT2D eigenvalue weighted by Gasteiger charge is -2.12. The summed E-state index contributed by atoms with van der Waals surface area (Å²) in [6.07, 6.45) is -4.70. The predicted octanol–water partition coefficient (Wildman–Crippen LogP) is 1.81. The van der Waals surface area contributed by atoms with Gasteiger partial charge in [-0.3, -0.25) is 9.69 Å². The summed E-state index contributed by atoms with van der Waals surface area (Å²) in [7, 11) is 0. The third-order valence-electron chi connectivity index (χ3n) is 3.16. The molecule has 0 atom stereocenters. The summed E-state index contributed by atoms with van der Waals surface area (Å²) >= 11 is 0. The fraction of sp³-hybridized carbons (Fsp3) is 0.231. The smallest absolute Gasteiger partial charge is 0.329 e.